The van der Waals surface area contributed by atoms with E-state index in [9.17, 15) is 0 Å². The molecule has 0 atom stereocenters. The lowest BCUT2D eigenvalue weighted by Crippen LogP contribution is -2.24. The molecule has 0 aliphatic carbocycles. The molecule has 0 radical (unpaired) electrons. The first-order chi connectivity index (χ1) is 5.22. The smallest absolute Gasteiger partial charge is 0.0992 e. The van der Waals surface area contributed by atoms with Crippen LogP contribution < -0.4 is 5.73 Å². The van der Waals surface area contributed by atoms with E-state index in [0.29, 0.717) is 6.54 Å². The molecule has 11 heavy (non-hydrogen) atoms. The van der Waals surface area contributed by atoms with Crippen LogP contribution in [0.1, 0.15) is 20.3 Å². The van der Waals surface area contributed by atoms with Crippen molar-refractivity contribution in [2.45, 2.75) is 20.3 Å². The first-order valence-electron chi connectivity index (χ1n) is 4.05. The molecule has 3 nitrogen and oxygen atoms in total. The van der Waals surface area contributed by atoms with Gasteiger partial charge in [0.2, 0.25) is 0 Å². The van der Waals surface area contributed by atoms with Crippen LogP contribution in [-0.2, 0) is 0 Å². The Kier molecular flexibility index (Phi) is 11.2. The molecule has 0 amide bonds. The largest absolute Gasteiger partial charge is 0.366 e. The third kappa shape index (κ3) is 7.33. The highest BCUT2D eigenvalue weighted by Gasteiger charge is 1.96. The Balaban J connectivity index is 0. The maximum Gasteiger partial charge on any atom is 0.0992 e. The number of aliphatic imine (C=N–C) groups is 1. The van der Waals surface area contributed by atoms with Crippen LogP contribution in [0.2, 0.25) is 0 Å². The summed E-state index contributed by atoms with van der Waals surface area (Å²) < 4.78 is 0. The van der Waals surface area contributed by atoms with Gasteiger partial charge in [0.05, 0.1) is 5.84 Å². The second-order valence-electron chi connectivity index (χ2n) is 2.07. The van der Waals surface area contributed by atoms with Gasteiger partial charge in [-0.25, -0.2) is 0 Å². The van der Waals surface area contributed by atoms with E-state index in [1.807, 2.05) is 32.8 Å². The van der Waals surface area contributed by atoms with Gasteiger partial charge in [-0.2, -0.15) is 0 Å². The predicted molar refractivity (Wildman–Crippen MR) is 52.1 cm³/mol. The zero-order chi connectivity index (χ0) is 9.28. The Hall–Kier alpha value is -0.570. The fourth-order valence-electron chi connectivity index (χ4n) is 0.665. The highest BCUT2D eigenvalue weighted by Crippen LogP contribution is 1.86. The molecule has 0 rings (SSSR count). The summed E-state index contributed by atoms with van der Waals surface area (Å²) in [7, 11) is 5.72. The monoisotopic (exact) mass is 159 g/mol. The first kappa shape index (κ1) is 13.1. The summed E-state index contributed by atoms with van der Waals surface area (Å²) in [5, 5.41) is 0. The number of rotatable bonds is 2. The first-order valence-corrected chi connectivity index (χ1v) is 4.05. The van der Waals surface area contributed by atoms with Gasteiger partial charge in [0.1, 0.15) is 0 Å². The number of amidine groups is 1. The Morgan fingerprint density at radius 3 is 1.91 bits per heavy atom. The molecule has 0 aliphatic rings. The number of nitrogens with zero attached hydrogens (tertiary/aromatic N) is 2. The van der Waals surface area contributed by atoms with E-state index in [1.165, 1.54) is 0 Å². The van der Waals surface area contributed by atoms with Gasteiger partial charge < -0.3 is 10.6 Å². The summed E-state index contributed by atoms with van der Waals surface area (Å²) in [5.74, 6) is 1.05. The molecule has 0 bridgehead atoms. The van der Waals surface area contributed by atoms with E-state index >= 15 is 0 Å². The van der Waals surface area contributed by atoms with Crippen LogP contribution in [0.15, 0.2) is 4.99 Å². The Morgan fingerprint density at radius 2 is 1.82 bits per heavy atom. The van der Waals surface area contributed by atoms with Crippen molar-refractivity contribution < 1.29 is 0 Å². The molecule has 0 unspecified atom stereocenters. The van der Waals surface area contributed by atoms with E-state index in [2.05, 4.69) is 4.99 Å². The molecule has 0 aromatic carbocycles. The summed E-state index contributed by atoms with van der Waals surface area (Å²) in [6.45, 7) is 4.67. The van der Waals surface area contributed by atoms with Crippen LogP contribution >= 0.6 is 0 Å². The van der Waals surface area contributed by atoms with Gasteiger partial charge in [0.25, 0.3) is 0 Å². The highest BCUT2D eigenvalue weighted by atomic mass is 15.1. The van der Waals surface area contributed by atoms with Crippen molar-refractivity contribution in [2.24, 2.45) is 10.7 Å². The Labute approximate surface area is 70.3 Å². The average molecular weight is 159 g/mol. The molecule has 0 saturated heterocycles. The molecule has 2 N–H and O–H groups in total. The van der Waals surface area contributed by atoms with Crippen molar-refractivity contribution in [3.8, 4) is 0 Å². The molecule has 0 spiro atoms. The van der Waals surface area contributed by atoms with Crippen LogP contribution in [-0.4, -0.2) is 38.4 Å². The summed E-state index contributed by atoms with van der Waals surface area (Å²) >= 11 is 0. The molecule has 0 aromatic heterocycles. The molecule has 0 aliphatic heterocycles. The molecular weight excluding hydrogens is 138 g/mol. The van der Waals surface area contributed by atoms with E-state index in [4.69, 9.17) is 5.73 Å². The summed E-state index contributed by atoms with van der Waals surface area (Å²) in [5.41, 5.74) is 5.34. The third-order valence-corrected chi connectivity index (χ3v) is 1.14. The van der Waals surface area contributed by atoms with Crippen LogP contribution in [0.4, 0.5) is 0 Å². The number of hydrogen-bond donors (Lipinski definition) is 1. The molecular formula is C8H21N3. The quantitative estimate of drug-likeness (QED) is 0.481. The van der Waals surface area contributed by atoms with Crippen molar-refractivity contribution in [3.05, 3.63) is 0 Å². The zero-order valence-corrected chi connectivity index (χ0v) is 8.39. The standard InChI is InChI=1S/C6H15N3.C2H6/c1-8-6(4-5-7)9(2)3;1-2/h4-5,7H2,1-3H3;1-2H3. The maximum atomic E-state index is 5.34. The SMILES string of the molecule is CC.CN=C(CCN)N(C)C. The lowest BCUT2D eigenvalue weighted by molar-refractivity contribution is 0.602. The second-order valence-corrected chi connectivity index (χ2v) is 2.07. The minimum atomic E-state index is 0.671. The molecule has 0 heterocycles. The van der Waals surface area contributed by atoms with Gasteiger partial charge in [-0.05, 0) is 6.54 Å². The zero-order valence-electron chi connectivity index (χ0n) is 8.39. The van der Waals surface area contributed by atoms with Gasteiger partial charge in [-0.1, -0.05) is 13.8 Å². The minimum Gasteiger partial charge on any atom is -0.366 e. The lowest BCUT2D eigenvalue weighted by atomic mass is 10.4. The van der Waals surface area contributed by atoms with Gasteiger partial charge in [-0.15, -0.1) is 0 Å². The number of hydrogen-bond acceptors (Lipinski definition) is 2. The Morgan fingerprint density at radius 1 is 1.36 bits per heavy atom. The van der Waals surface area contributed by atoms with E-state index in [1.54, 1.807) is 7.05 Å². The topological polar surface area (TPSA) is 41.6 Å². The van der Waals surface area contributed by atoms with E-state index < -0.39 is 0 Å². The van der Waals surface area contributed by atoms with E-state index in [-0.39, 0.29) is 0 Å². The molecule has 0 saturated carbocycles. The van der Waals surface area contributed by atoms with Crippen molar-refractivity contribution >= 4 is 5.84 Å². The number of nitrogens with two attached hydrogens (primary N) is 1. The maximum absolute atomic E-state index is 5.34. The van der Waals surface area contributed by atoms with Crippen LogP contribution in [0.5, 0.6) is 0 Å². The van der Waals surface area contributed by atoms with Crippen LogP contribution in [0, 0.1) is 0 Å². The van der Waals surface area contributed by atoms with Crippen molar-refractivity contribution in [1.29, 1.82) is 0 Å². The molecule has 3 heteroatoms. The molecule has 0 fully saturated rings. The lowest BCUT2D eigenvalue weighted by Gasteiger charge is -2.13. The van der Waals surface area contributed by atoms with Gasteiger partial charge in [0.15, 0.2) is 0 Å². The highest BCUT2D eigenvalue weighted by molar-refractivity contribution is 5.81. The second kappa shape index (κ2) is 9.43. The van der Waals surface area contributed by atoms with Crippen molar-refractivity contribution in [1.82, 2.24) is 4.90 Å². The fraction of sp³-hybridized carbons (Fsp3) is 0.875. The predicted octanol–water partition coefficient (Wildman–Crippen LogP) is 0.951. The molecule has 0 aromatic rings. The van der Waals surface area contributed by atoms with Gasteiger partial charge >= 0.3 is 0 Å². The van der Waals surface area contributed by atoms with Crippen LogP contribution in [0.25, 0.3) is 0 Å². The van der Waals surface area contributed by atoms with Crippen molar-refractivity contribution in [2.75, 3.05) is 27.7 Å². The van der Waals surface area contributed by atoms with Crippen molar-refractivity contribution in [3.63, 3.8) is 0 Å². The van der Waals surface area contributed by atoms with Gasteiger partial charge in [-0.3, -0.25) is 4.99 Å². The summed E-state index contributed by atoms with van der Waals surface area (Å²) in [6, 6.07) is 0. The fourth-order valence-corrected chi connectivity index (χ4v) is 0.665. The minimum absolute atomic E-state index is 0.671. The van der Waals surface area contributed by atoms with E-state index in [0.717, 1.165) is 12.3 Å². The molecule has 68 valence electrons. The normalized spacial score (nSPS) is 10.2. The summed E-state index contributed by atoms with van der Waals surface area (Å²) in [4.78, 5) is 6.02. The van der Waals surface area contributed by atoms with Crippen LogP contribution in [0.3, 0.4) is 0 Å². The third-order valence-electron chi connectivity index (χ3n) is 1.14. The Bertz CT molecular complexity index is 97.5. The summed E-state index contributed by atoms with van der Waals surface area (Å²) in [6.07, 6.45) is 0.865. The average Bonchev–Trinajstić information content (AvgIpc) is 2.03. The van der Waals surface area contributed by atoms with Gasteiger partial charge in [0, 0.05) is 27.6 Å².